The molecular formula is C18H37NO2. The molecule has 0 spiro atoms. The van der Waals surface area contributed by atoms with Crippen LogP contribution in [-0.2, 0) is 9.47 Å². The lowest BCUT2D eigenvalue weighted by molar-refractivity contribution is 0.00754. The van der Waals surface area contributed by atoms with Crippen LogP contribution >= 0.6 is 0 Å². The lowest BCUT2D eigenvalue weighted by Gasteiger charge is -2.29. The molecule has 1 fully saturated rings. The van der Waals surface area contributed by atoms with E-state index in [-0.39, 0.29) is 0 Å². The topological polar surface area (TPSA) is 30.5 Å². The second-order valence-electron chi connectivity index (χ2n) is 6.33. The van der Waals surface area contributed by atoms with E-state index in [1.165, 1.54) is 64.2 Å². The molecule has 0 aromatic carbocycles. The van der Waals surface area contributed by atoms with Gasteiger partial charge in [0.1, 0.15) is 0 Å². The van der Waals surface area contributed by atoms with Gasteiger partial charge < -0.3 is 14.8 Å². The van der Waals surface area contributed by atoms with Crippen LogP contribution in [0.25, 0.3) is 0 Å². The molecule has 1 saturated carbocycles. The Bertz CT molecular complexity index is 221. The van der Waals surface area contributed by atoms with E-state index in [4.69, 9.17) is 9.47 Å². The molecule has 0 heterocycles. The summed E-state index contributed by atoms with van der Waals surface area (Å²) in [6, 6.07) is 0.539. The highest BCUT2D eigenvalue weighted by Crippen LogP contribution is 2.19. The fourth-order valence-electron chi connectivity index (χ4n) is 3.29. The number of methoxy groups -OCH3 is 1. The molecule has 0 saturated heterocycles. The molecule has 1 N–H and O–H groups in total. The van der Waals surface area contributed by atoms with Crippen molar-refractivity contribution in [2.24, 2.45) is 0 Å². The third-order valence-electron chi connectivity index (χ3n) is 4.49. The van der Waals surface area contributed by atoms with Crippen molar-refractivity contribution in [3.63, 3.8) is 0 Å². The van der Waals surface area contributed by atoms with Crippen molar-refractivity contribution in [2.75, 3.05) is 26.9 Å². The quantitative estimate of drug-likeness (QED) is 0.711. The normalized spacial score (nSPS) is 26.0. The number of hydrogen-bond acceptors (Lipinski definition) is 3. The number of likely N-dealkylation sites (N-methyl/N-ethyl adjacent to an activating group) is 1. The van der Waals surface area contributed by atoms with Gasteiger partial charge in [-0.25, -0.2) is 0 Å². The zero-order valence-electron chi connectivity index (χ0n) is 14.4. The van der Waals surface area contributed by atoms with Crippen molar-refractivity contribution < 1.29 is 9.47 Å². The molecule has 1 rings (SSSR count). The summed E-state index contributed by atoms with van der Waals surface area (Å²) in [5.74, 6) is 0. The van der Waals surface area contributed by atoms with Crippen LogP contribution in [0.2, 0.25) is 0 Å². The Morgan fingerprint density at radius 2 is 1.48 bits per heavy atom. The molecule has 0 bridgehead atoms. The second kappa shape index (κ2) is 13.5. The van der Waals surface area contributed by atoms with Crippen molar-refractivity contribution in [1.82, 2.24) is 5.32 Å². The molecule has 126 valence electrons. The first-order chi connectivity index (χ1) is 10.4. The standard InChI is InChI=1S/C18H37NO2/c1-3-19-17-13-10-8-6-4-5-7-9-11-14-18(17)21-16-12-15-20-2/h17-19H,3-16H2,1-2H3. The fourth-order valence-corrected chi connectivity index (χ4v) is 3.29. The summed E-state index contributed by atoms with van der Waals surface area (Å²) in [7, 11) is 1.76. The number of nitrogens with one attached hydrogen (secondary N) is 1. The van der Waals surface area contributed by atoms with Crippen LogP contribution in [0.1, 0.15) is 77.6 Å². The first kappa shape index (κ1) is 18.9. The van der Waals surface area contributed by atoms with E-state index in [1.54, 1.807) is 7.11 Å². The molecule has 1 aliphatic carbocycles. The summed E-state index contributed by atoms with van der Waals surface area (Å²) in [5, 5.41) is 3.67. The Balaban J connectivity index is 2.44. The molecule has 1 aliphatic rings. The van der Waals surface area contributed by atoms with Crippen LogP contribution in [0.5, 0.6) is 0 Å². The minimum absolute atomic E-state index is 0.390. The van der Waals surface area contributed by atoms with Crippen molar-refractivity contribution in [2.45, 2.75) is 89.7 Å². The molecule has 0 radical (unpaired) electrons. The van der Waals surface area contributed by atoms with E-state index >= 15 is 0 Å². The molecule has 0 amide bonds. The monoisotopic (exact) mass is 299 g/mol. The second-order valence-corrected chi connectivity index (χ2v) is 6.33. The molecule has 2 atom stereocenters. The summed E-state index contributed by atoms with van der Waals surface area (Å²) in [5.41, 5.74) is 0. The van der Waals surface area contributed by atoms with E-state index in [2.05, 4.69) is 12.2 Å². The van der Waals surface area contributed by atoms with Gasteiger partial charge in [0.05, 0.1) is 6.10 Å². The summed E-state index contributed by atoms with van der Waals surface area (Å²) >= 11 is 0. The zero-order valence-corrected chi connectivity index (χ0v) is 14.4. The van der Waals surface area contributed by atoms with Gasteiger partial charge in [-0.1, -0.05) is 58.3 Å². The first-order valence-corrected chi connectivity index (χ1v) is 9.22. The van der Waals surface area contributed by atoms with Crippen molar-refractivity contribution in [3.05, 3.63) is 0 Å². The van der Waals surface area contributed by atoms with Crippen LogP contribution in [0.3, 0.4) is 0 Å². The maximum atomic E-state index is 6.21. The average Bonchev–Trinajstić information content (AvgIpc) is 2.48. The van der Waals surface area contributed by atoms with Crippen molar-refractivity contribution in [1.29, 1.82) is 0 Å². The van der Waals surface area contributed by atoms with Gasteiger partial charge in [-0.15, -0.1) is 0 Å². The Kier molecular flexibility index (Phi) is 12.2. The minimum Gasteiger partial charge on any atom is -0.385 e. The van der Waals surface area contributed by atoms with Gasteiger partial charge in [0.2, 0.25) is 0 Å². The summed E-state index contributed by atoms with van der Waals surface area (Å²) in [6.07, 6.45) is 15.0. The average molecular weight is 299 g/mol. The highest BCUT2D eigenvalue weighted by molar-refractivity contribution is 4.77. The van der Waals surface area contributed by atoms with Crippen LogP contribution in [0, 0.1) is 0 Å². The van der Waals surface area contributed by atoms with Crippen LogP contribution < -0.4 is 5.32 Å². The SMILES string of the molecule is CCNC1CCCCCCCCCCC1OCCCOC. The van der Waals surface area contributed by atoms with Gasteiger partial charge in [-0.2, -0.15) is 0 Å². The molecule has 0 aromatic heterocycles. The molecule has 21 heavy (non-hydrogen) atoms. The van der Waals surface area contributed by atoms with Gasteiger partial charge >= 0.3 is 0 Å². The number of hydrogen-bond donors (Lipinski definition) is 1. The highest BCUT2D eigenvalue weighted by Gasteiger charge is 2.21. The molecule has 2 unspecified atom stereocenters. The van der Waals surface area contributed by atoms with Crippen molar-refractivity contribution in [3.8, 4) is 0 Å². The van der Waals surface area contributed by atoms with E-state index in [1.807, 2.05) is 0 Å². The fraction of sp³-hybridized carbons (Fsp3) is 1.00. The third-order valence-corrected chi connectivity index (χ3v) is 4.49. The predicted molar refractivity (Wildman–Crippen MR) is 89.9 cm³/mol. The van der Waals surface area contributed by atoms with Crippen molar-refractivity contribution >= 4 is 0 Å². The van der Waals surface area contributed by atoms with Gasteiger partial charge in [0.15, 0.2) is 0 Å². The lowest BCUT2D eigenvalue weighted by atomic mass is 9.95. The first-order valence-electron chi connectivity index (χ1n) is 9.22. The molecule has 3 nitrogen and oxygen atoms in total. The maximum absolute atomic E-state index is 6.21. The summed E-state index contributed by atoms with van der Waals surface area (Å²) < 4.78 is 11.3. The van der Waals surface area contributed by atoms with Crippen LogP contribution in [0.4, 0.5) is 0 Å². The Morgan fingerprint density at radius 3 is 2.10 bits per heavy atom. The molecule has 0 aliphatic heterocycles. The van der Waals surface area contributed by atoms with Gasteiger partial charge in [0, 0.05) is 26.4 Å². The smallest absolute Gasteiger partial charge is 0.0728 e. The van der Waals surface area contributed by atoms with Gasteiger partial charge in [0.25, 0.3) is 0 Å². The molecular weight excluding hydrogens is 262 g/mol. The van der Waals surface area contributed by atoms with E-state index < -0.39 is 0 Å². The maximum Gasteiger partial charge on any atom is 0.0728 e. The predicted octanol–water partition coefficient (Wildman–Crippen LogP) is 4.30. The van der Waals surface area contributed by atoms with Gasteiger partial charge in [-0.3, -0.25) is 0 Å². The number of rotatable bonds is 7. The largest absolute Gasteiger partial charge is 0.385 e. The Hall–Kier alpha value is -0.120. The Morgan fingerprint density at radius 1 is 0.857 bits per heavy atom. The lowest BCUT2D eigenvalue weighted by Crippen LogP contribution is -2.41. The summed E-state index contributed by atoms with van der Waals surface area (Å²) in [4.78, 5) is 0. The minimum atomic E-state index is 0.390. The zero-order chi connectivity index (χ0) is 15.2. The van der Waals surface area contributed by atoms with Crippen LogP contribution in [0.15, 0.2) is 0 Å². The van der Waals surface area contributed by atoms with E-state index in [9.17, 15) is 0 Å². The van der Waals surface area contributed by atoms with Gasteiger partial charge in [-0.05, 0) is 25.8 Å². The van der Waals surface area contributed by atoms with Crippen LogP contribution in [-0.4, -0.2) is 39.0 Å². The highest BCUT2D eigenvalue weighted by atomic mass is 16.5. The molecule has 3 heteroatoms. The third kappa shape index (κ3) is 9.49. The Labute approximate surface area is 132 Å². The molecule has 0 aromatic rings. The van der Waals surface area contributed by atoms with E-state index in [0.717, 1.165) is 26.2 Å². The van der Waals surface area contributed by atoms with E-state index in [0.29, 0.717) is 12.1 Å². The number of ether oxygens (including phenoxy) is 2. The summed E-state index contributed by atoms with van der Waals surface area (Å²) in [6.45, 7) is 4.89.